The highest BCUT2D eigenvalue weighted by molar-refractivity contribution is 6.02. The highest BCUT2D eigenvalue weighted by atomic mass is 19.1. The number of nitrogens with one attached hydrogen (secondary N) is 1. The zero-order chi connectivity index (χ0) is 21.2. The van der Waals surface area contributed by atoms with Crippen molar-refractivity contribution in [3.8, 4) is 11.1 Å². The summed E-state index contributed by atoms with van der Waals surface area (Å²) in [5, 5.41) is 10.6. The van der Waals surface area contributed by atoms with Crippen molar-refractivity contribution in [1.82, 2.24) is 14.5 Å². The predicted molar refractivity (Wildman–Crippen MR) is 110 cm³/mol. The van der Waals surface area contributed by atoms with Crippen LogP contribution in [0.5, 0.6) is 0 Å². The van der Waals surface area contributed by atoms with Crippen molar-refractivity contribution in [3.63, 3.8) is 0 Å². The van der Waals surface area contributed by atoms with Crippen molar-refractivity contribution >= 4 is 22.4 Å². The summed E-state index contributed by atoms with van der Waals surface area (Å²) in [6.45, 7) is 1.94. The SMILES string of the molecule is Cc1cc2c(cc1CO)-c1cn(C)c(=O)c3[nH]cc(c13)CN2c1ncc(F)cc1F. The Kier molecular flexibility index (Phi) is 4.01. The van der Waals surface area contributed by atoms with E-state index in [-0.39, 0.29) is 24.5 Å². The summed E-state index contributed by atoms with van der Waals surface area (Å²) in [6.07, 6.45) is 4.46. The fourth-order valence-corrected chi connectivity index (χ4v) is 4.16. The van der Waals surface area contributed by atoms with Crippen LogP contribution in [0.25, 0.3) is 22.0 Å². The Bertz CT molecular complexity index is 1390. The summed E-state index contributed by atoms with van der Waals surface area (Å²) >= 11 is 0. The van der Waals surface area contributed by atoms with Crippen LogP contribution in [-0.2, 0) is 20.2 Å². The van der Waals surface area contributed by atoms with Crippen LogP contribution in [0.2, 0.25) is 0 Å². The normalized spacial score (nSPS) is 12.9. The van der Waals surface area contributed by atoms with Crippen LogP contribution in [0.15, 0.2) is 41.6 Å². The highest BCUT2D eigenvalue weighted by Crippen LogP contribution is 2.44. The smallest absolute Gasteiger partial charge is 0.274 e. The Morgan fingerprint density at radius 1 is 1.23 bits per heavy atom. The quantitative estimate of drug-likeness (QED) is 0.531. The maximum atomic E-state index is 14.7. The van der Waals surface area contributed by atoms with Crippen molar-refractivity contribution in [2.45, 2.75) is 20.1 Å². The summed E-state index contributed by atoms with van der Waals surface area (Å²) in [4.78, 5) is 21.4. The highest BCUT2D eigenvalue weighted by Gasteiger charge is 2.28. The number of rotatable bonds is 2. The maximum absolute atomic E-state index is 14.7. The van der Waals surface area contributed by atoms with E-state index >= 15 is 0 Å². The maximum Gasteiger partial charge on any atom is 0.274 e. The van der Waals surface area contributed by atoms with E-state index in [1.165, 1.54) is 4.57 Å². The average molecular weight is 408 g/mol. The fraction of sp³-hybridized carbons (Fsp3) is 0.182. The van der Waals surface area contributed by atoms with Gasteiger partial charge in [0.1, 0.15) is 11.3 Å². The number of fused-ring (bicyclic) bond motifs is 2. The second-order valence-electron chi connectivity index (χ2n) is 7.52. The molecule has 0 fully saturated rings. The molecule has 0 atom stereocenters. The molecular formula is C22H18F2N4O2. The number of anilines is 2. The first-order valence-electron chi connectivity index (χ1n) is 9.42. The molecule has 0 unspecified atom stereocenters. The van der Waals surface area contributed by atoms with Gasteiger partial charge >= 0.3 is 0 Å². The molecule has 0 radical (unpaired) electrons. The molecule has 6 nitrogen and oxygen atoms in total. The number of H-pyrrole nitrogens is 1. The minimum Gasteiger partial charge on any atom is -0.392 e. The van der Waals surface area contributed by atoms with Gasteiger partial charge < -0.3 is 19.6 Å². The van der Waals surface area contributed by atoms with E-state index in [1.807, 2.05) is 19.1 Å². The van der Waals surface area contributed by atoms with Crippen LogP contribution < -0.4 is 10.5 Å². The summed E-state index contributed by atoms with van der Waals surface area (Å²) in [5.74, 6) is -1.55. The molecule has 4 heterocycles. The molecule has 1 aliphatic rings. The number of halogens is 2. The molecule has 0 saturated carbocycles. The van der Waals surface area contributed by atoms with E-state index in [1.54, 1.807) is 24.3 Å². The number of aromatic amines is 1. The Morgan fingerprint density at radius 3 is 2.77 bits per heavy atom. The molecule has 4 aromatic rings. The van der Waals surface area contributed by atoms with Crippen molar-refractivity contribution in [1.29, 1.82) is 0 Å². The van der Waals surface area contributed by atoms with Gasteiger partial charge in [0.2, 0.25) is 0 Å². The molecule has 0 saturated heterocycles. The number of pyridine rings is 2. The van der Waals surface area contributed by atoms with Crippen molar-refractivity contribution in [3.05, 3.63) is 75.5 Å². The number of aromatic nitrogens is 3. The lowest BCUT2D eigenvalue weighted by molar-refractivity contribution is 0.281. The monoisotopic (exact) mass is 408 g/mol. The summed E-state index contributed by atoms with van der Waals surface area (Å²) in [7, 11) is 1.67. The van der Waals surface area contributed by atoms with Gasteiger partial charge in [0.25, 0.3) is 5.56 Å². The van der Waals surface area contributed by atoms with Crippen molar-refractivity contribution in [2.24, 2.45) is 7.05 Å². The molecule has 5 rings (SSSR count). The largest absolute Gasteiger partial charge is 0.392 e. The first-order chi connectivity index (χ1) is 14.4. The number of hydrogen-bond acceptors (Lipinski definition) is 4. The van der Waals surface area contributed by atoms with Crippen molar-refractivity contribution in [2.75, 3.05) is 4.90 Å². The standard InChI is InChI=1S/C22H18F2N4O2/c1-11-3-18-15(4-12(11)10-29)16-9-27(2)22(30)20-19(16)13(6-25-20)8-28(18)21-17(24)5-14(23)7-26-21/h3-7,9,25,29H,8,10H2,1-2H3. The lowest BCUT2D eigenvalue weighted by Gasteiger charge is -2.26. The second-order valence-corrected chi connectivity index (χ2v) is 7.52. The Hall–Kier alpha value is -3.52. The molecule has 1 aliphatic heterocycles. The molecule has 0 spiro atoms. The van der Waals surface area contributed by atoms with Gasteiger partial charge in [0.15, 0.2) is 11.6 Å². The van der Waals surface area contributed by atoms with E-state index in [4.69, 9.17) is 0 Å². The molecule has 8 heteroatoms. The number of hydrogen-bond donors (Lipinski definition) is 2. The van der Waals surface area contributed by atoms with Gasteiger partial charge in [0, 0.05) is 42.0 Å². The topological polar surface area (TPSA) is 74.2 Å². The molecule has 30 heavy (non-hydrogen) atoms. The fourth-order valence-electron chi connectivity index (χ4n) is 4.16. The number of aliphatic hydroxyl groups is 1. The predicted octanol–water partition coefficient (Wildman–Crippen LogP) is 3.66. The number of aliphatic hydroxyl groups excluding tert-OH is 1. The van der Waals surface area contributed by atoms with E-state index in [2.05, 4.69) is 9.97 Å². The Labute approximate surface area is 170 Å². The van der Waals surface area contributed by atoms with Crippen LogP contribution in [0.4, 0.5) is 20.3 Å². The zero-order valence-electron chi connectivity index (χ0n) is 16.3. The van der Waals surface area contributed by atoms with Gasteiger partial charge in [-0.25, -0.2) is 13.8 Å². The lowest BCUT2D eigenvalue weighted by atomic mass is 9.96. The third-order valence-electron chi connectivity index (χ3n) is 5.67. The van der Waals surface area contributed by atoms with Gasteiger partial charge in [0.05, 0.1) is 25.0 Å². The molecule has 0 bridgehead atoms. The third-order valence-corrected chi connectivity index (χ3v) is 5.67. The van der Waals surface area contributed by atoms with Gasteiger partial charge in [-0.2, -0.15) is 0 Å². The van der Waals surface area contributed by atoms with E-state index in [0.717, 1.165) is 45.5 Å². The number of nitrogens with zero attached hydrogens (tertiary/aromatic N) is 3. The summed E-state index contributed by atoms with van der Waals surface area (Å²) in [6, 6.07) is 4.51. The van der Waals surface area contributed by atoms with E-state index < -0.39 is 11.6 Å². The average Bonchev–Trinajstić information content (AvgIpc) is 3.08. The Balaban J connectivity index is 1.90. The van der Waals surface area contributed by atoms with Gasteiger partial charge in [-0.3, -0.25) is 4.79 Å². The molecule has 1 aromatic carbocycles. The van der Waals surface area contributed by atoms with Crippen LogP contribution in [0.3, 0.4) is 0 Å². The van der Waals surface area contributed by atoms with E-state index in [0.29, 0.717) is 11.2 Å². The van der Waals surface area contributed by atoms with Gasteiger partial charge in [-0.05, 0) is 35.7 Å². The minimum atomic E-state index is -0.780. The molecule has 0 aliphatic carbocycles. The summed E-state index contributed by atoms with van der Waals surface area (Å²) in [5.41, 5.74) is 4.82. The molecule has 2 N–H and O–H groups in total. The van der Waals surface area contributed by atoms with Gasteiger partial charge in [-0.1, -0.05) is 0 Å². The first-order valence-corrected chi connectivity index (χ1v) is 9.42. The first kappa shape index (κ1) is 18.5. The van der Waals surface area contributed by atoms with Crippen LogP contribution in [0.1, 0.15) is 16.7 Å². The van der Waals surface area contributed by atoms with Crippen LogP contribution in [0, 0.1) is 18.6 Å². The van der Waals surface area contributed by atoms with Crippen LogP contribution in [-0.4, -0.2) is 19.6 Å². The molecular weight excluding hydrogens is 390 g/mol. The number of aryl methyl sites for hydroxylation is 2. The van der Waals surface area contributed by atoms with Crippen LogP contribution >= 0.6 is 0 Å². The third kappa shape index (κ3) is 2.57. The number of benzene rings is 1. The zero-order valence-corrected chi connectivity index (χ0v) is 16.3. The molecule has 0 amide bonds. The Morgan fingerprint density at radius 2 is 2.03 bits per heavy atom. The van der Waals surface area contributed by atoms with E-state index in [9.17, 15) is 18.7 Å². The van der Waals surface area contributed by atoms with Crippen molar-refractivity contribution < 1.29 is 13.9 Å². The second kappa shape index (κ2) is 6.50. The molecule has 152 valence electrons. The lowest BCUT2D eigenvalue weighted by Crippen LogP contribution is -2.19. The summed E-state index contributed by atoms with van der Waals surface area (Å²) < 4.78 is 29.7. The van der Waals surface area contributed by atoms with Gasteiger partial charge in [-0.15, -0.1) is 0 Å². The molecule has 3 aromatic heterocycles. The minimum absolute atomic E-state index is 0.0114.